The Kier molecular flexibility index (Phi) is 8.46. The van der Waals surface area contributed by atoms with Gasteiger partial charge in [-0.25, -0.2) is 0 Å². The quantitative estimate of drug-likeness (QED) is 0.787. The molecule has 2 unspecified atom stereocenters. The van der Waals surface area contributed by atoms with Crippen LogP contribution >= 0.6 is 12.4 Å². The number of para-hydroxylation sites is 1. The van der Waals surface area contributed by atoms with Crippen LogP contribution in [-0.4, -0.2) is 18.6 Å². The number of amides is 1. The van der Waals surface area contributed by atoms with Gasteiger partial charge >= 0.3 is 0 Å². The summed E-state index contributed by atoms with van der Waals surface area (Å²) in [6.45, 7) is 6.42. The average molecular weight is 363 g/mol. The van der Waals surface area contributed by atoms with Crippen molar-refractivity contribution in [2.24, 2.45) is 5.73 Å². The first-order valence-electron chi connectivity index (χ1n) is 8.32. The lowest BCUT2D eigenvalue weighted by molar-refractivity contribution is -0.127. The number of hydrogen-bond acceptors (Lipinski definition) is 3. The van der Waals surface area contributed by atoms with Crippen LogP contribution in [0.2, 0.25) is 0 Å². The molecule has 1 amide bonds. The molecule has 0 heterocycles. The Morgan fingerprint density at radius 2 is 1.56 bits per heavy atom. The highest BCUT2D eigenvalue weighted by Crippen LogP contribution is 2.17. The van der Waals surface area contributed by atoms with E-state index < -0.39 is 6.10 Å². The fourth-order valence-electron chi connectivity index (χ4n) is 2.36. The Hall–Kier alpha value is -2.04. The van der Waals surface area contributed by atoms with E-state index in [1.165, 1.54) is 5.56 Å². The van der Waals surface area contributed by atoms with Crippen LogP contribution in [0.5, 0.6) is 5.75 Å². The van der Waals surface area contributed by atoms with E-state index in [0.29, 0.717) is 18.2 Å². The van der Waals surface area contributed by atoms with Crippen LogP contribution in [-0.2, 0) is 4.79 Å². The fourth-order valence-corrected chi connectivity index (χ4v) is 2.36. The molecule has 2 aromatic rings. The Morgan fingerprint density at radius 1 is 1.00 bits per heavy atom. The fraction of sp³-hybridized carbons (Fsp3) is 0.350. The van der Waals surface area contributed by atoms with Crippen LogP contribution < -0.4 is 15.8 Å². The maximum absolute atomic E-state index is 12.1. The summed E-state index contributed by atoms with van der Waals surface area (Å²) >= 11 is 0. The molecule has 0 aliphatic heterocycles. The van der Waals surface area contributed by atoms with Crippen LogP contribution in [0.1, 0.15) is 43.9 Å². The zero-order valence-electron chi connectivity index (χ0n) is 14.9. The number of nitrogens with one attached hydrogen (secondary N) is 1. The number of halogens is 1. The number of carbonyl (C=O) groups excluding carboxylic acids is 1. The van der Waals surface area contributed by atoms with Gasteiger partial charge in [-0.1, -0.05) is 56.3 Å². The van der Waals surface area contributed by atoms with E-state index in [4.69, 9.17) is 10.5 Å². The van der Waals surface area contributed by atoms with Crippen molar-refractivity contribution in [3.8, 4) is 5.75 Å². The summed E-state index contributed by atoms with van der Waals surface area (Å²) in [7, 11) is 0. The van der Waals surface area contributed by atoms with Crippen LogP contribution in [0.25, 0.3) is 0 Å². The molecule has 3 N–H and O–H groups in total. The largest absolute Gasteiger partial charge is 0.481 e. The van der Waals surface area contributed by atoms with Gasteiger partial charge in [0.2, 0.25) is 0 Å². The number of rotatable bonds is 7. The average Bonchev–Trinajstić information content (AvgIpc) is 2.60. The van der Waals surface area contributed by atoms with Crippen molar-refractivity contribution in [1.29, 1.82) is 0 Å². The van der Waals surface area contributed by atoms with Crippen LogP contribution in [0.3, 0.4) is 0 Å². The monoisotopic (exact) mass is 362 g/mol. The first-order valence-corrected chi connectivity index (χ1v) is 8.32. The highest BCUT2D eigenvalue weighted by atomic mass is 35.5. The molecule has 5 heteroatoms. The van der Waals surface area contributed by atoms with Gasteiger partial charge in [-0.15, -0.1) is 12.4 Å². The molecule has 2 atom stereocenters. The van der Waals surface area contributed by atoms with Gasteiger partial charge in [0.05, 0.1) is 0 Å². The Bertz CT molecular complexity index is 645. The van der Waals surface area contributed by atoms with Gasteiger partial charge in [-0.05, 0) is 36.1 Å². The number of ether oxygens (including phenoxy) is 1. The molecule has 0 saturated heterocycles. The summed E-state index contributed by atoms with van der Waals surface area (Å²) in [5.74, 6) is 0.993. The Labute approximate surface area is 156 Å². The summed E-state index contributed by atoms with van der Waals surface area (Å²) in [5.41, 5.74) is 8.45. The van der Waals surface area contributed by atoms with E-state index in [1.807, 2.05) is 42.5 Å². The van der Waals surface area contributed by atoms with Crippen molar-refractivity contribution < 1.29 is 9.53 Å². The van der Waals surface area contributed by atoms with Gasteiger partial charge in [0.25, 0.3) is 5.91 Å². The summed E-state index contributed by atoms with van der Waals surface area (Å²) < 4.78 is 5.60. The molecular weight excluding hydrogens is 336 g/mol. The second kappa shape index (κ2) is 10.1. The van der Waals surface area contributed by atoms with Crippen molar-refractivity contribution in [3.63, 3.8) is 0 Å². The maximum Gasteiger partial charge on any atom is 0.260 e. The van der Waals surface area contributed by atoms with Crippen molar-refractivity contribution in [2.75, 3.05) is 6.54 Å². The molecular formula is C20H27ClN2O2. The van der Waals surface area contributed by atoms with E-state index in [-0.39, 0.29) is 24.4 Å². The van der Waals surface area contributed by atoms with Gasteiger partial charge in [-0.3, -0.25) is 4.79 Å². The lowest BCUT2D eigenvalue weighted by Crippen LogP contribution is -2.39. The van der Waals surface area contributed by atoms with E-state index in [9.17, 15) is 4.79 Å². The second-order valence-corrected chi connectivity index (χ2v) is 6.25. The molecule has 0 fully saturated rings. The number of carbonyl (C=O) groups is 1. The van der Waals surface area contributed by atoms with Crippen LogP contribution in [0.15, 0.2) is 54.6 Å². The Morgan fingerprint density at radius 3 is 2.12 bits per heavy atom. The molecule has 4 nitrogen and oxygen atoms in total. The summed E-state index contributed by atoms with van der Waals surface area (Å²) in [4.78, 5) is 12.1. The van der Waals surface area contributed by atoms with E-state index in [0.717, 1.165) is 5.56 Å². The predicted molar refractivity (Wildman–Crippen MR) is 104 cm³/mol. The van der Waals surface area contributed by atoms with Gasteiger partial charge < -0.3 is 15.8 Å². The molecule has 0 aliphatic rings. The van der Waals surface area contributed by atoms with Crippen molar-refractivity contribution in [3.05, 3.63) is 65.7 Å². The highest BCUT2D eigenvalue weighted by molar-refractivity contribution is 5.85. The Balaban J connectivity index is 0.00000312. The lowest BCUT2D eigenvalue weighted by Gasteiger charge is -2.18. The molecule has 2 rings (SSSR count). The zero-order valence-corrected chi connectivity index (χ0v) is 15.8. The zero-order chi connectivity index (χ0) is 17.5. The van der Waals surface area contributed by atoms with Gasteiger partial charge in [0.15, 0.2) is 6.10 Å². The smallest absolute Gasteiger partial charge is 0.260 e. The first kappa shape index (κ1) is 21.0. The van der Waals surface area contributed by atoms with E-state index in [1.54, 1.807) is 6.92 Å². The van der Waals surface area contributed by atoms with E-state index in [2.05, 4.69) is 31.3 Å². The lowest BCUT2D eigenvalue weighted by atomic mass is 9.99. The highest BCUT2D eigenvalue weighted by Gasteiger charge is 2.16. The molecule has 0 bridgehead atoms. The molecule has 136 valence electrons. The van der Waals surface area contributed by atoms with E-state index >= 15 is 0 Å². The number of benzene rings is 2. The third-order valence-corrected chi connectivity index (χ3v) is 3.95. The summed E-state index contributed by atoms with van der Waals surface area (Å²) in [6, 6.07) is 17.3. The van der Waals surface area contributed by atoms with Crippen molar-refractivity contribution in [1.82, 2.24) is 5.32 Å². The minimum Gasteiger partial charge on any atom is -0.481 e. The molecule has 0 spiro atoms. The third kappa shape index (κ3) is 6.40. The molecule has 0 aliphatic carbocycles. The molecule has 0 aromatic heterocycles. The topological polar surface area (TPSA) is 64.3 Å². The van der Waals surface area contributed by atoms with Crippen LogP contribution in [0, 0.1) is 0 Å². The molecule has 25 heavy (non-hydrogen) atoms. The minimum absolute atomic E-state index is 0. The van der Waals surface area contributed by atoms with Gasteiger partial charge in [-0.2, -0.15) is 0 Å². The molecule has 0 radical (unpaired) electrons. The third-order valence-electron chi connectivity index (χ3n) is 3.95. The van der Waals surface area contributed by atoms with Gasteiger partial charge in [0.1, 0.15) is 5.75 Å². The van der Waals surface area contributed by atoms with Crippen LogP contribution in [0.4, 0.5) is 0 Å². The van der Waals surface area contributed by atoms with Gasteiger partial charge in [0, 0.05) is 12.6 Å². The summed E-state index contributed by atoms with van der Waals surface area (Å²) in [5, 5.41) is 2.85. The number of hydrogen-bond donors (Lipinski definition) is 2. The maximum atomic E-state index is 12.1. The summed E-state index contributed by atoms with van der Waals surface area (Å²) in [6.07, 6.45) is -0.567. The minimum atomic E-state index is -0.567. The second-order valence-electron chi connectivity index (χ2n) is 6.25. The number of nitrogens with two attached hydrogens (primary N) is 1. The van der Waals surface area contributed by atoms with Crippen molar-refractivity contribution >= 4 is 18.3 Å². The molecule has 0 saturated carbocycles. The standard InChI is InChI=1S/C20H26N2O2.ClH/c1-14(2)16-9-11-17(12-10-16)19(21)13-22-20(23)15(3)24-18-7-5-4-6-8-18;/h4-12,14-15,19H,13,21H2,1-3H3,(H,22,23);1H. The van der Waals surface area contributed by atoms with Crippen molar-refractivity contribution in [2.45, 2.75) is 38.8 Å². The first-order chi connectivity index (χ1) is 11.5. The normalized spacial score (nSPS) is 12.8. The molecule has 2 aromatic carbocycles. The SMILES string of the molecule is CC(Oc1ccccc1)C(=O)NCC(N)c1ccc(C(C)C)cc1.Cl. The predicted octanol–water partition coefficient (Wildman–Crippen LogP) is 3.82.